The lowest BCUT2D eigenvalue weighted by Crippen LogP contribution is -2.35. The van der Waals surface area contributed by atoms with Gasteiger partial charge in [0.1, 0.15) is 0 Å². The summed E-state index contributed by atoms with van der Waals surface area (Å²) < 4.78 is 5.33. The molecule has 1 saturated heterocycles. The highest BCUT2D eigenvalue weighted by Crippen LogP contribution is 2.16. The van der Waals surface area contributed by atoms with Crippen LogP contribution in [0.15, 0.2) is 12.0 Å². The smallest absolute Gasteiger partial charge is 0.274 e. The first-order valence-corrected chi connectivity index (χ1v) is 6.03. The Kier molecular flexibility index (Phi) is 5.76. The lowest BCUT2D eigenvalue weighted by atomic mass is 10.1. The summed E-state index contributed by atoms with van der Waals surface area (Å²) in [6, 6.07) is 0. The van der Waals surface area contributed by atoms with E-state index >= 15 is 0 Å². The van der Waals surface area contributed by atoms with E-state index in [9.17, 15) is 10.1 Å². The van der Waals surface area contributed by atoms with Gasteiger partial charge in [0.25, 0.3) is 6.20 Å². The minimum Gasteiger partial charge on any atom is -0.381 e. The lowest BCUT2D eigenvalue weighted by Gasteiger charge is -2.27. The van der Waals surface area contributed by atoms with Crippen LogP contribution in [0.1, 0.15) is 19.8 Å². The molecule has 1 unspecified atom stereocenters. The number of nitro groups is 1. The van der Waals surface area contributed by atoms with E-state index in [1.54, 1.807) is 7.05 Å². The van der Waals surface area contributed by atoms with E-state index in [0.717, 1.165) is 45.3 Å². The first kappa shape index (κ1) is 13.8. The zero-order chi connectivity index (χ0) is 12.7. The van der Waals surface area contributed by atoms with Gasteiger partial charge in [-0.15, -0.1) is 0 Å². The summed E-state index contributed by atoms with van der Waals surface area (Å²) in [6.07, 6.45) is 3.03. The number of ether oxygens (including phenoxy) is 1. The SMILES string of the molecule is CCCN(CC1CCOC1)/C(=C/[N+](=O)[O-])NC. The highest BCUT2D eigenvalue weighted by molar-refractivity contribution is 4.94. The molecule has 1 fully saturated rings. The molecule has 1 aliphatic rings. The molecule has 0 spiro atoms. The molecule has 0 saturated carbocycles. The molecular weight excluding hydrogens is 222 g/mol. The van der Waals surface area contributed by atoms with E-state index in [0.29, 0.717) is 11.7 Å². The van der Waals surface area contributed by atoms with E-state index in [1.165, 1.54) is 0 Å². The Morgan fingerprint density at radius 1 is 1.71 bits per heavy atom. The molecule has 0 bridgehead atoms. The maximum Gasteiger partial charge on any atom is 0.274 e. The second-order valence-electron chi connectivity index (χ2n) is 4.23. The van der Waals surface area contributed by atoms with Crippen LogP contribution in [0.2, 0.25) is 0 Å². The number of nitrogens with zero attached hydrogens (tertiary/aromatic N) is 2. The number of hydrogen-bond donors (Lipinski definition) is 1. The summed E-state index contributed by atoms with van der Waals surface area (Å²) in [6.45, 7) is 5.26. The van der Waals surface area contributed by atoms with Gasteiger partial charge in [0.2, 0.25) is 0 Å². The van der Waals surface area contributed by atoms with Crippen LogP contribution in [0.5, 0.6) is 0 Å². The van der Waals surface area contributed by atoms with E-state index < -0.39 is 4.92 Å². The maximum absolute atomic E-state index is 10.6. The molecule has 0 aromatic rings. The molecule has 0 aromatic heterocycles. The Morgan fingerprint density at radius 3 is 2.94 bits per heavy atom. The molecule has 1 atom stereocenters. The number of nitrogens with one attached hydrogen (secondary N) is 1. The Morgan fingerprint density at radius 2 is 2.47 bits per heavy atom. The fourth-order valence-corrected chi connectivity index (χ4v) is 2.02. The van der Waals surface area contributed by atoms with Crippen LogP contribution < -0.4 is 5.32 Å². The molecule has 98 valence electrons. The molecule has 1 rings (SSSR count). The van der Waals surface area contributed by atoms with Crippen molar-refractivity contribution in [2.75, 3.05) is 33.4 Å². The summed E-state index contributed by atoms with van der Waals surface area (Å²) >= 11 is 0. The van der Waals surface area contributed by atoms with Crippen LogP contribution in [-0.4, -0.2) is 43.2 Å². The van der Waals surface area contributed by atoms with Crippen molar-refractivity contribution >= 4 is 0 Å². The van der Waals surface area contributed by atoms with Crippen molar-refractivity contribution in [3.05, 3.63) is 22.1 Å². The van der Waals surface area contributed by atoms with Crippen molar-refractivity contribution in [1.29, 1.82) is 0 Å². The van der Waals surface area contributed by atoms with Crippen molar-refractivity contribution < 1.29 is 9.66 Å². The summed E-state index contributed by atoms with van der Waals surface area (Å²) in [5.41, 5.74) is 0. The van der Waals surface area contributed by atoms with E-state index in [-0.39, 0.29) is 0 Å². The molecule has 17 heavy (non-hydrogen) atoms. The van der Waals surface area contributed by atoms with Crippen molar-refractivity contribution in [2.24, 2.45) is 5.92 Å². The average Bonchev–Trinajstić information content (AvgIpc) is 2.78. The molecule has 1 aliphatic heterocycles. The second-order valence-corrected chi connectivity index (χ2v) is 4.23. The third-order valence-electron chi connectivity index (χ3n) is 2.82. The molecule has 0 radical (unpaired) electrons. The molecule has 0 aromatic carbocycles. The Balaban J connectivity index is 2.64. The van der Waals surface area contributed by atoms with Gasteiger partial charge in [-0.2, -0.15) is 0 Å². The van der Waals surface area contributed by atoms with Crippen LogP contribution in [0.3, 0.4) is 0 Å². The molecule has 0 aliphatic carbocycles. The zero-order valence-electron chi connectivity index (χ0n) is 10.5. The minimum absolute atomic E-state index is 0.417. The van der Waals surface area contributed by atoms with Gasteiger partial charge in [-0.1, -0.05) is 6.92 Å². The Hall–Kier alpha value is -1.30. The van der Waals surface area contributed by atoms with Gasteiger partial charge < -0.3 is 15.0 Å². The normalized spacial score (nSPS) is 20.4. The van der Waals surface area contributed by atoms with Crippen molar-refractivity contribution in [3.63, 3.8) is 0 Å². The van der Waals surface area contributed by atoms with Crippen LogP contribution >= 0.6 is 0 Å². The third-order valence-corrected chi connectivity index (χ3v) is 2.82. The molecule has 0 amide bonds. The minimum atomic E-state index is -0.417. The van der Waals surface area contributed by atoms with Crippen LogP contribution in [0, 0.1) is 16.0 Å². The van der Waals surface area contributed by atoms with Crippen LogP contribution in [0.4, 0.5) is 0 Å². The molecular formula is C11H21N3O3. The fourth-order valence-electron chi connectivity index (χ4n) is 2.02. The van der Waals surface area contributed by atoms with Crippen molar-refractivity contribution in [2.45, 2.75) is 19.8 Å². The Labute approximate surface area is 102 Å². The fraction of sp³-hybridized carbons (Fsp3) is 0.818. The highest BCUT2D eigenvalue weighted by atomic mass is 16.6. The number of hydrogen-bond acceptors (Lipinski definition) is 5. The van der Waals surface area contributed by atoms with Gasteiger partial charge >= 0.3 is 0 Å². The van der Waals surface area contributed by atoms with Crippen LogP contribution in [-0.2, 0) is 4.74 Å². The van der Waals surface area contributed by atoms with Gasteiger partial charge in [-0.25, -0.2) is 0 Å². The van der Waals surface area contributed by atoms with Gasteiger partial charge in [0.05, 0.1) is 11.5 Å². The standard InChI is InChI=1S/C11H21N3O3/c1-3-5-13(7-10-4-6-17-9-10)11(12-2)8-14(15)16/h8,10,12H,3-7,9H2,1-2H3/b11-8+. The monoisotopic (exact) mass is 243 g/mol. The summed E-state index contributed by atoms with van der Waals surface area (Å²) in [5.74, 6) is 1.05. The predicted molar refractivity (Wildman–Crippen MR) is 64.9 cm³/mol. The van der Waals surface area contributed by atoms with Gasteiger partial charge in [0.15, 0.2) is 5.82 Å². The number of rotatable bonds is 7. The van der Waals surface area contributed by atoms with E-state index in [4.69, 9.17) is 4.74 Å². The van der Waals surface area contributed by atoms with Gasteiger partial charge in [-0.3, -0.25) is 10.1 Å². The topological polar surface area (TPSA) is 67.6 Å². The largest absolute Gasteiger partial charge is 0.381 e. The van der Waals surface area contributed by atoms with E-state index in [1.807, 2.05) is 4.90 Å². The summed E-state index contributed by atoms with van der Waals surface area (Å²) in [4.78, 5) is 12.2. The average molecular weight is 243 g/mol. The predicted octanol–water partition coefficient (Wildman–Crippen LogP) is 1.03. The van der Waals surface area contributed by atoms with Crippen molar-refractivity contribution in [1.82, 2.24) is 10.2 Å². The first-order valence-electron chi connectivity index (χ1n) is 6.03. The quantitative estimate of drug-likeness (QED) is 0.534. The summed E-state index contributed by atoms with van der Waals surface area (Å²) in [7, 11) is 1.71. The molecule has 1 N–H and O–H groups in total. The molecule has 1 heterocycles. The molecule has 6 nitrogen and oxygen atoms in total. The Bertz CT molecular complexity index is 275. The van der Waals surface area contributed by atoms with Crippen LogP contribution in [0.25, 0.3) is 0 Å². The summed E-state index contributed by atoms with van der Waals surface area (Å²) in [5, 5.41) is 13.4. The van der Waals surface area contributed by atoms with E-state index in [2.05, 4.69) is 12.2 Å². The highest BCUT2D eigenvalue weighted by Gasteiger charge is 2.21. The second kappa shape index (κ2) is 7.11. The lowest BCUT2D eigenvalue weighted by molar-refractivity contribution is -0.404. The molecule has 6 heteroatoms. The van der Waals surface area contributed by atoms with Crippen molar-refractivity contribution in [3.8, 4) is 0 Å². The zero-order valence-corrected chi connectivity index (χ0v) is 10.5. The maximum atomic E-state index is 10.6. The first-order chi connectivity index (χ1) is 8.17. The third kappa shape index (κ3) is 4.60. The van der Waals surface area contributed by atoms with Gasteiger partial charge in [-0.05, 0) is 12.8 Å². The van der Waals surface area contributed by atoms with Gasteiger partial charge in [0, 0.05) is 32.7 Å².